The van der Waals surface area contributed by atoms with Gasteiger partial charge in [-0.15, -0.1) is 11.3 Å². The molecule has 1 unspecified atom stereocenters. The summed E-state index contributed by atoms with van der Waals surface area (Å²) in [5.74, 6) is -0.969. The highest BCUT2D eigenvalue weighted by molar-refractivity contribution is 7.09. The Morgan fingerprint density at radius 2 is 1.78 bits per heavy atom. The lowest BCUT2D eigenvalue weighted by atomic mass is 10.1. The molecule has 1 aliphatic rings. The van der Waals surface area contributed by atoms with Crippen molar-refractivity contribution in [2.45, 2.75) is 19.1 Å². The Morgan fingerprint density at radius 3 is 2.46 bits per heavy atom. The van der Waals surface area contributed by atoms with E-state index in [1.807, 2.05) is 17.5 Å². The van der Waals surface area contributed by atoms with Gasteiger partial charge in [-0.3, -0.25) is 14.4 Å². The van der Waals surface area contributed by atoms with Gasteiger partial charge in [0.05, 0.1) is 32.2 Å². The Morgan fingerprint density at radius 1 is 1.05 bits per heavy atom. The normalized spacial score (nSPS) is 15.2. The summed E-state index contributed by atoms with van der Waals surface area (Å²) in [4.78, 5) is 52.6. The molecule has 1 N–H and O–H groups in total. The number of nitrogens with zero attached hydrogens (tertiary/aromatic N) is 1. The molecule has 10 heteroatoms. The summed E-state index contributed by atoms with van der Waals surface area (Å²) in [6.07, 6.45) is -0.956. The zero-order chi connectivity index (χ0) is 26.2. The molecule has 3 aromatic rings. The van der Waals surface area contributed by atoms with Gasteiger partial charge < -0.3 is 24.4 Å². The monoisotopic (exact) mass is 522 g/mol. The molecule has 4 rings (SSSR count). The van der Waals surface area contributed by atoms with E-state index in [9.17, 15) is 19.2 Å². The molecule has 192 valence electrons. The number of carbonyl (C=O) groups excluding carboxylic acids is 4. The second kappa shape index (κ2) is 12.3. The summed E-state index contributed by atoms with van der Waals surface area (Å²) in [6, 6.07) is 16.5. The highest BCUT2D eigenvalue weighted by Gasteiger charge is 2.31. The van der Waals surface area contributed by atoms with Gasteiger partial charge in [-0.05, 0) is 60.0 Å². The minimum absolute atomic E-state index is 0.114. The van der Waals surface area contributed by atoms with E-state index in [0.29, 0.717) is 36.7 Å². The van der Waals surface area contributed by atoms with Crippen LogP contribution in [-0.4, -0.2) is 61.4 Å². The van der Waals surface area contributed by atoms with Crippen molar-refractivity contribution < 1.29 is 33.4 Å². The lowest BCUT2D eigenvalue weighted by Crippen LogP contribution is -2.48. The number of anilines is 1. The van der Waals surface area contributed by atoms with E-state index < -0.39 is 18.7 Å². The predicted molar refractivity (Wildman–Crippen MR) is 137 cm³/mol. The fourth-order valence-corrected chi connectivity index (χ4v) is 4.45. The lowest BCUT2D eigenvalue weighted by Gasteiger charge is -2.32. The Balaban J connectivity index is 1.24. The first-order valence-electron chi connectivity index (χ1n) is 11.6. The average molecular weight is 523 g/mol. The second-order valence-electron chi connectivity index (χ2n) is 8.26. The van der Waals surface area contributed by atoms with Gasteiger partial charge in [0, 0.05) is 22.7 Å². The fraction of sp³-hybridized carbons (Fsp3) is 0.259. The number of thiophene rings is 1. The van der Waals surface area contributed by atoms with E-state index in [1.54, 1.807) is 52.6 Å². The standard InChI is InChI=1S/C27H26N2O7S/c1-34-21-10-6-18(7-11-21)23(30)17-36-27(33)19-4-8-20(9-5-19)28-25(31)15-24-26(32)29(12-13-35-24)16-22-3-2-14-37-22/h2-11,14,24H,12-13,15-17H2,1H3,(H,28,31). The molecule has 0 spiro atoms. The highest BCUT2D eigenvalue weighted by Crippen LogP contribution is 2.18. The summed E-state index contributed by atoms with van der Waals surface area (Å²) in [7, 11) is 1.53. The molecule has 1 aliphatic heterocycles. The minimum Gasteiger partial charge on any atom is -0.497 e. The van der Waals surface area contributed by atoms with Gasteiger partial charge >= 0.3 is 5.97 Å². The zero-order valence-corrected chi connectivity index (χ0v) is 21.0. The molecule has 0 radical (unpaired) electrons. The van der Waals surface area contributed by atoms with Gasteiger partial charge in [0.1, 0.15) is 11.9 Å². The van der Waals surface area contributed by atoms with Crippen molar-refractivity contribution in [1.82, 2.24) is 4.90 Å². The topological polar surface area (TPSA) is 111 Å². The van der Waals surface area contributed by atoms with Crippen LogP contribution < -0.4 is 10.1 Å². The number of ketones is 1. The third-order valence-electron chi connectivity index (χ3n) is 5.72. The Kier molecular flexibility index (Phi) is 8.65. The minimum atomic E-state index is -0.841. The first kappa shape index (κ1) is 26.1. The molecule has 2 amide bonds. The van der Waals surface area contributed by atoms with Crippen LogP contribution in [0.3, 0.4) is 0 Å². The predicted octanol–water partition coefficient (Wildman–Crippen LogP) is 3.55. The summed E-state index contributed by atoms with van der Waals surface area (Å²) in [5, 5.41) is 4.67. The maximum atomic E-state index is 12.7. The molecule has 1 fully saturated rings. The van der Waals surface area contributed by atoms with Crippen LogP contribution in [0.2, 0.25) is 0 Å². The van der Waals surface area contributed by atoms with E-state index in [1.165, 1.54) is 19.2 Å². The Bertz CT molecular complexity index is 1240. The number of morpholine rings is 1. The SMILES string of the molecule is COc1ccc(C(=O)COC(=O)c2ccc(NC(=O)CC3OCCN(Cc4cccs4)C3=O)cc2)cc1. The molecule has 0 saturated carbocycles. The highest BCUT2D eigenvalue weighted by atomic mass is 32.1. The van der Waals surface area contributed by atoms with Crippen LogP contribution >= 0.6 is 11.3 Å². The summed E-state index contributed by atoms with van der Waals surface area (Å²) < 4.78 is 15.7. The number of Topliss-reactive ketones (excluding diaryl/α,β-unsaturated/α-hetero) is 1. The Labute approximate surface area is 217 Å². The van der Waals surface area contributed by atoms with Crippen LogP contribution in [0.25, 0.3) is 0 Å². The molecular formula is C27H26N2O7S. The molecule has 9 nitrogen and oxygen atoms in total. The fourth-order valence-electron chi connectivity index (χ4n) is 3.73. The maximum absolute atomic E-state index is 12.7. The third-order valence-corrected chi connectivity index (χ3v) is 6.58. The van der Waals surface area contributed by atoms with Crippen molar-refractivity contribution >= 4 is 40.6 Å². The van der Waals surface area contributed by atoms with Crippen LogP contribution in [0.1, 0.15) is 32.0 Å². The molecule has 1 atom stereocenters. The van der Waals surface area contributed by atoms with Crippen LogP contribution in [0.15, 0.2) is 66.0 Å². The van der Waals surface area contributed by atoms with Crippen LogP contribution in [0.5, 0.6) is 5.75 Å². The number of hydrogen-bond acceptors (Lipinski definition) is 8. The van der Waals surface area contributed by atoms with Crippen molar-refractivity contribution in [3.8, 4) is 5.75 Å². The average Bonchev–Trinajstić information content (AvgIpc) is 3.43. The first-order valence-corrected chi connectivity index (χ1v) is 12.5. The number of carbonyl (C=O) groups is 4. The number of nitrogens with one attached hydrogen (secondary N) is 1. The molecular weight excluding hydrogens is 496 g/mol. The van der Waals surface area contributed by atoms with Gasteiger partial charge in [0.25, 0.3) is 5.91 Å². The summed E-state index contributed by atoms with van der Waals surface area (Å²) in [5.41, 5.74) is 1.09. The number of ether oxygens (including phenoxy) is 3. The molecule has 1 saturated heterocycles. The van der Waals surface area contributed by atoms with Crippen molar-refractivity contribution in [2.24, 2.45) is 0 Å². The maximum Gasteiger partial charge on any atom is 0.338 e. The van der Waals surface area contributed by atoms with Crippen LogP contribution in [-0.2, 0) is 25.6 Å². The molecule has 2 heterocycles. The van der Waals surface area contributed by atoms with Crippen molar-refractivity contribution in [1.29, 1.82) is 0 Å². The molecule has 37 heavy (non-hydrogen) atoms. The van der Waals surface area contributed by atoms with E-state index in [2.05, 4.69) is 5.32 Å². The van der Waals surface area contributed by atoms with Crippen molar-refractivity contribution in [2.75, 3.05) is 32.2 Å². The van der Waals surface area contributed by atoms with Crippen LogP contribution in [0, 0.1) is 0 Å². The molecule has 2 aromatic carbocycles. The van der Waals surface area contributed by atoms with Gasteiger partial charge in [0.2, 0.25) is 5.91 Å². The molecule has 0 aliphatic carbocycles. The number of rotatable bonds is 10. The van der Waals surface area contributed by atoms with E-state index in [4.69, 9.17) is 14.2 Å². The largest absolute Gasteiger partial charge is 0.497 e. The van der Waals surface area contributed by atoms with E-state index in [-0.39, 0.29) is 29.6 Å². The lowest BCUT2D eigenvalue weighted by molar-refractivity contribution is -0.155. The number of hydrogen-bond donors (Lipinski definition) is 1. The molecule has 1 aromatic heterocycles. The number of methoxy groups -OCH3 is 1. The first-order chi connectivity index (χ1) is 17.9. The summed E-state index contributed by atoms with van der Waals surface area (Å²) >= 11 is 1.58. The van der Waals surface area contributed by atoms with Crippen molar-refractivity contribution in [3.63, 3.8) is 0 Å². The zero-order valence-electron chi connectivity index (χ0n) is 20.2. The van der Waals surface area contributed by atoms with Gasteiger partial charge in [-0.25, -0.2) is 4.79 Å². The van der Waals surface area contributed by atoms with E-state index in [0.717, 1.165) is 4.88 Å². The smallest absolute Gasteiger partial charge is 0.338 e. The summed E-state index contributed by atoms with van der Waals surface area (Å²) in [6.45, 7) is 0.953. The number of esters is 1. The van der Waals surface area contributed by atoms with Gasteiger partial charge in [-0.2, -0.15) is 0 Å². The van der Waals surface area contributed by atoms with Crippen LogP contribution in [0.4, 0.5) is 5.69 Å². The molecule has 0 bridgehead atoms. The second-order valence-corrected chi connectivity index (χ2v) is 9.29. The number of benzene rings is 2. The quantitative estimate of drug-likeness (QED) is 0.320. The van der Waals surface area contributed by atoms with Gasteiger partial charge in [-0.1, -0.05) is 6.07 Å². The Hall–Kier alpha value is -4.02. The van der Waals surface area contributed by atoms with Crippen molar-refractivity contribution in [3.05, 3.63) is 82.0 Å². The third kappa shape index (κ3) is 7.02. The van der Waals surface area contributed by atoms with Gasteiger partial charge in [0.15, 0.2) is 12.4 Å². The van der Waals surface area contributed by atoms with E-state index >= 15 is 0 Å². The number of amides is 2.